The highest BCUT2D eigenvalue weighted by Gasteiger charge is 2.13. The molecule has 1 heterocycles. The maximum atomic E-state index is 13.2. The number of aromatic nitrogens is 1. The molecule has 122 valence electrons. The third-order valence-corrected chi connectivity index (χ3v) is 3.86. The number of amides is 1. The molecule has 3 aromatic carbocycles. The van der Waals surface area contributed by atoms with Gasteiger partial charge in [0, 0.05) is 22.2 Å². The lowest BCUT2D eigenvalue weighted by molar-refractivity contribution is 0.102. The average Bonchev–Trinajstić information content (AvgIpc) is 3.05. The lowest BCUT2D eigenvalue weighted by Crippen LogP contribution is -2.11. The number of rotatable bonds is 3. The van der Waals surface area contributed by atoms with Crippen LogP contribution in [0.4, 0.5) is 10.1 Å². The molecular formula is C20H13FN2O2. The van der Waals surface area contributed by atoms with E-state index in [1.165, 1.54) is 18.2 Å². The van der Waals surface area contributed by atoms with Crippen LogP contribution in [-0.2, 0) is 0 Å². The molecule has 0 saturated heterocycles. The van der Waals surface area contributed by atoms with Gasteiger partial charge < -0.3 is 9.84 Å². The van der Waals surface area contributed by atoms with Crippen molar-refractivity contribution in [2.45, 2.75) is 0 Å². The van der Waals surface area contributed by atoms with Crippen LogP contribution in [0.5, 0.6) is 0 Å². The second kappa shape index (κ2) is 6.20. The van der Waals surface area contributed by atoms with Crippen LogP contribution in [0.1, 0.15) is 10.4 Å². The summed E-state index contributed by atoms with van der Waals surface area (Å²) >= 11 is 0. The standard InChI is InChI=1S/C20H13FN2O2/c21-15-7-4-8-16(12-15)22-20(24)14-9-10-17-18(11-14)23-25-19(17)13-5-2-1-3-6-13/h1-12H,(H,22,24). The first-order valence-electron chi connectivity index (χ1n) is 7.72. The number of fused-ring (bicyclic) bond motifs is 1. The molecule has 0 aliphatic carbocycles. The van der Waals surface area contributed by atoms with Gasteiger partial charge in [-0.25, -0.2) is 4.39 Å². The lowest BCUT2D eigenvalue weighted by atomic mass is 10.1. The second-order valence-corrected chi connectivity index (χ2v) is 5.57. The summed E-state index contributed by atoms with van der Waals surface area (Å²) in [5.74, 6) is -0.0818. The van der Waals surface area contributed by atoms with Gasteiger partial charge in [-0.15, -0.1) is 0 Å². The molecular weight excluding hydrogens is 319 g/mol. The van der Waals surface area contributed by atoms with Crippen LogP contribution in [0.2, 0.25) is 0 Å². The Balaban J connectivity index is 1.65. The topological polar surface area (TPSA) is 55.1 Å². The van der Waals surface area contributed by atoms with Crippen molar-refractivity contribution in [2.75, 3.05) is 5.32 Å². The fourth-order valence-electron chi connectivity index (χ4n) is 2.65. The average molecular weight is 332 g/mol. The number of hydrogen-bond donors (Lipinski definition) is 1. The number of nitrogens with zero attached hydrogens (tertiary/aromatic N) is 1. The Morgan fingerprint density at radius 3 is 2.60 bits per heavy atom. The van der Waals surface area contributed by atoms with Gasteiger partial charge in [-0.05, 0) is 36.4 Å². The molecule has 1 N–H and O–H groups in total. The van der Waals surface area contributed by atoms with Gasteiger partial charge in [0.2, 0.25) is 0 Å². The minimum absolute atomic E-state index is 0.336. The molecule has 0 fully saturated rings. The Hall–Kier alpha value is -3.47. The summed E-state index contributed by atoms with van der Waals surface area (Å²) in [4.78, 5) is 12.4. The summed E-state index contributed by atoms with van der Waals surface area (Å²) < 4.78 is 18.7. The van der Waals surface area contributed by atoms with E-state index in [1.54, 1.807) is 24.3 Å². The summed E-state index contributed by atoms with van der Waals surface area (Å²) in [6.07, 6.45) is 0. The monoisotopic (exact) mass is 332 g/mol. The fraction of sp³-hybridized carbons (Fsp3) is 0. The zero-order chi connectivity index (χ0) is 17.2. The van der Waals surface area contributed by atoms with Gasteiger partial charge >= 0.3 is 0 Å². The van der Waals surface area contributed by atoms with E-state index >= 15 is 0 Å². The summed E-state index contributed by atoms with van der Waals surface area (Å²) in [7, 11) is 0. The van der Waals surface area contributed by atoms with Crippen molar-refractivity contribution in [1.29, 1.82) is 0 Å². The van der Waals surface area contributed by atoms with Crippen molar-refractivity contribution in [2.24, 2.45) is 0 Å². The zero-order valence-electron chi connectivity index (χ0n) is 13.1. The largest absolute Gasteiger partial charge is 0.355 e. The predicted octanol–water partition coefficient (Wildman–Crippen LogP) is 4.89. The van der Waals surface area contributed by atoms with Crippen LogP contribution in [0, 0.1) is 5.82 Å². The van der Waals surface area contributed by atoms with Crippen LogP contribution < -0.4 is 5.32 Å². The molecule has 0 saturated carbocycles. The summed E-state index contributed by atoms with van der Waals surface area (Å²) in [6, 6.07) is 20.5. The van der Waals surface area contributed by atoms with E-state index in [2.05, 4.69) is 10.5 Å². The Bertz CT molecular complexity index is 1060. The Morgan fingerprint density at radius 2 is 1.80 bits per heavy atom. The summed E-state index contributed by atoms with van der Waals surface area (Å²) in [5.41, 5.74) is 2.33. The highest BCUT2D eigenvalue weighted by atomic mass is 19.1. The van der Waals surface area contributed by atoms with Crippen molar-refractivity contribution in [3.8, 4) is 11.3 Å². The minimum atomic E-state index is -0.405. The van der Waals surface area contributed by atoms with Gasteiger partial charge in [-0.1, -0.05) is 41.6 Å². The Kier molecular flexibility index (Phi) is 3.74. The van der Waals surface area contributed by atoms with E-state index in [1.807, 2.05) is 30.3 Å². The molecule has 25 heavy (non-hydrogen) atoms. The van der Waals surface area contributed by atoms with Crippen LogP contribution in [-0.4, -0.2) is 11.1 Å². The normalized spacial score (nSPS) is 10.8. The highest BCUT2D eigenvalue weighted by molar-refractivity contribution is 6.07. The van der Waals surface area contributed by atoms with Crippen molar-refractivity contribution >= 4 is 22.5 Å². The van der Waals surface area contributed by atoms with Crippen LogP contribution >= 0.6 is 0 Å². The molecule has 5 heteroatoms. The molecule has 0 bridgehead atoms. The highest BCUT2D eigenvalue weighted by Crippen LogP contribution is 2.29. The molecule has 0 unspecified atom stereocenters. The minimum Gasteiger partial charge on any atom is -0.355 e. The number of hydrogen-bond acceptors (Lipinski definition) is 3. The van der Waals surface area contributed by atoms with Crippen molar-refractivity contribution in [3.63, 3.8) is 0 Å². The number of nitrogens with one attached hydrogen (secondary N) is 1. The molecule has 0 spiro atoms. The third-order valence-electron chi connectivity index (χ3n) is 3.86. The quantitative estimate of drug-likeness (QED) is 0.581. The Labute approximate surface area is 142 Å². The molecule has 4 rings (SSSR count). The first-order chi connectivity index (χ1) is 12.2. The molecule has 1 amide bonds. The maximum Gasteiger partial charge on any atom is 0.255 e. The zero-order valence-corrected chi connectivity index (χ0v) is 13.1. The molecule has 0 aliphatic heterocycles. The molecule has 4 nitrogen and oxygen atoms in total. The molecule has 0 aliphatic rings. The van der Waals surface area contributed by atoms with Gasteiger partial charge in [-0.2, -0.15) is 0 Å². The van der Waals surface area contributed by atoms with Gasteiger partial charge in [0.05, 0.1) is 0 Å². The first kappa shape index (κ1) is 15.1. The maximum absolute atomic E-state index is 13.2. The first-order valence-corrected chi connectivity index (χ1v) is 7.72. The van der Waals surface area contributed by atoms with Gasteiger partial charge in [0.15, 0.2) is 5.76 Å². The van der Waals surface area contributed by atoms with E-state index in [-0.39, 0.29) is 5.91 Å². The van der Waals surface area contributed by atoms with Crippen LogP contribution in [0.15, 0.2) is 77.3 Å². The predicted molar refractivity (Wildman–Crippen MR) is 93.8 cm³/mol. The van der Waals surface area contributed by atoms with Crippen LogP contribution in [0.3, 0.4) is 0 Å². The number of carbonyl (C=O) groups is 1. The molecule has 0 atom stereocenters. The van der Waals surface area contributed by atoms with Gasteiger partial charge in [0.25, 0.3) is 5.91 Å². The van der Waals surface area contributed by atoms with Crippen molar-refractivity contribution in [3.05, 3.63) is 84.2 Å². The third kappa shape index (κ3) is 2.99. The van der Waals surface area contributed by atoms with Crippen molar-refractivity contribution < 1.29 is 13.7 Å². The molecule has 4 aromatic rings. The number of benzene rings is 3. The number of halogens is 1. The van der Waals surface area contributed by atoms with E-state index in [0.717, 1.165) is 10.9 Å². The fourth-order valence-corrected chi connectivity index (χ4v) is 2.65. The van der Waals surface area contributed by atoms with E-state index in [4.69, 9.17) is 4.52 Å². The Morgan fingerprint density at radius 1 is 0.960 bits per heavy atom. The smallest absolute Gasteiger partial charge is 0.255 e. The number of carbonyl (C=O) groups excluding carboxylic acids is 1. The van der Waals surface area contributed by atoms with E-state index in [0.29, 0.717) is 22.5 Å². The molecule has 1 aromatic heterocycles. The molecule has 0 radical (unpaired) electrons. The summed E-state index contributed by atoms with van der Waals surface area (Å²) in [6.45, 7) is 0. The van der Waals surface area contributed by atoms with Gasteiger partial charge in [-0.3, -0.25) is 4.79 Å². The number of anilines is 1. The lowest BCUT2D eigenvalue weighted by Gasteiger charge is -2.05. The van der Waals surface area contributed by atoms with E-state index < -0.39 is 5.82 Å². The van der Waals surface area contributed by atoms with E-state index in [9.17, 15) is 9.18 Å². The van der Waals surface area contributed by atoms with Crippen molar-refractivity contribution in [1.82, 2.24) is 5.16 Å². The second-order valence-electron chi connectivity index (χ2n) is 5.57. The SMILES string of the molecule is O=C(Nc1cccc(F)c1)c1ccc2c(-c3ccccc3)onc2c1. The summed E-state index contributed by atoms with van der Waals surface area (Å²) in [5, 5.41) is 7.54. The van der Waals surface area contributed by atoms with Gasteiger partial charge in [0.1, 0.15) is 11.3 Å². The van der Waals surface area contributed by atoms with Crippen LogP contribution in [0.25, 0.3) is 22.2 Å².